The first-order chi connectivity index (χ1) is 32.3. The Morgan fingerprint density at radius 1 is 0.957 bits per heavy atom. The molecule has 3 saturated heterocycles. The Balaban J connectivity index is 0.00000888. The summed E-state index contributed by atoms with van der Waals surface area (Å²) >= 11 is 8.41. The number of primary amides is 1. The zero-order chi connectivity index (χ0) is 49.3. The van der Waals surface area contributed by atoms with Crippen LogP contribution < -0.4 is 32.2 Å². The van der Waals surface area contributed by atoms with E-state index in [2.05, 4.69) is 20.9 Å². The van der Waals surface area contributed by atoms with Crippen molar-refractivity contribution in [1.29, 1.82) is 0 Å². The summed E-state index contributed by atoms with van der Waals surface area (Å²) in [7, 11) is 0. The summed E-state index contributed by atoms with van der Waals surface area (Å²) in [6, 6.07) is 9.16. The van der Waals surface area contributed by atoms with Crippen LogP contribution >= 0.6 is 35.3 Å². The SMILES string of the molecule is Cc1ncsc1-c1ccc([C@H](C)NC(=O)[C@@H]2C[C@@H](O)CN2C(=O)[C@@H](NC(=O)CCCCc2cccc(OC[C@H](CCC(N)=O)NC(=O)[C@@H]3CC[C@@H]4CCCC[C@H](N)C(=O)N43)c2Cl)C(C)(C)C)cc1.Cl. The largest absolute Gasteiger partial charge is 0.490 e. The molecule has 6 amide bonds. The molecule has 0 radical (unpaired) electrons. The van der Waals surface area contributed by atoms with Crippen molar-refractivity contribution >= 4 is 70.8 Å². The lowest BCUT2D eigenvalue weighted by Crippen LogP contribution is -2.57. The number of hydrogen-bond donors (Lipinski definition) is 6. The smallest absolute Gasteiger partial charge is 0.246 e. The maximum atomic E-state index is 14.2. The van der Waals surface area contributed by atoms with Gasteiger partial charge in [0.1, 0.15) is 30.5 Å². The van der Waals surface area contributed by atoms with E-state index in [0.29, 0.717) is 42.9 Å². The molecule has 0 spiro atoms. The molecule has 1 aromatic heterocycles. The highest BCUT2D eigenvalue weighted by Gasteiger charge is 2.45. The number of aliphatic hydroxyl groups is 1. The number of aliphatic hydroxyl groups excluding tert-OH is 1. The minimum absolute atomic E-state index is 0. The monoisotopic (exact) mass is 1010 g/mol. The molecule has 0 unspecified atom stereocenters. The molecule has 2 aromatic carbocycles. The van der Waals surface area contributed by atoms with Crippen molar-refractivity contribution in [1.82, 2.24) is 30.7 Å². The second-order valence-corrected chi connectivity index (χ2v) is 21.0. The molecule has 0 aliphatic carbocycles. The molecule has 16 nitrogen and oxygen atoms in total. The quantitative estimate of drug-likeness (QED) is 0.0805. The Labute approximate surface area is 420 Å². The third-order valence-corrected chi connectivity index (χ3v) is 14.8. The fourth-order valence-electron chi connectivity index (χ4n) is 9.53. The van der Waals surface area contributed by atoms with Gasteiger partial charge in [-0.15, -0.1) is 23.7 Å². The third-order valence-electron chi connectivity index (χ3n) is 13.4. The molecule has 0 saturated carbocycles. The van der Waals surface area contributed by atoms with Gasteiger partial charge in [0, 0.05) is 31.8 Å². The van der Waals surface area contributed by atoms with Crippen molar-refractivity contribution in [2.75, 3.05) is 13.2 Å². The normalized spacial score (nSPS) is 21.7. The van der Waals surface area contributed by atoms with Crippen LogP contribution in [-0.4, -0.2) is 111 Å². The number of halogens is 2. The number of carbonyl (C=O) groups excluding carboxylic acids is 6. The number of nitrogens with zero attached hydrogens (tertiary/aromatic N) is 3. The zero-order valence-corrected chi connectivity index (χ0v) is 42.7. The third kappa shape index (κ3) is 14.4. The maximum Gasteiger partial charge on any atom is 0.246 e. The van der Waals surface area contributed by atoms with Gasteiger partial charge in [-0.05, 0) is 93.4 Å². The van der Waals surface area contributed by atoms with Gasteiger partial charge < -0.3 is 47.1 Å². The van der Waals surface area contributed by atoms with Gasteiger partial charge >= 0.3 is 0 Å². The molecule has 19 heteroatoms. The number of benzene rings is 2. The Morgan fingerprint density at radius 3 is 2.35 bits per heavy atom. The highest BCUT2D eigenvalue weighted by Crippen LogP contribution is 2.34. The molecule has 3 fully saturated rings. The van der Waals surface area contributed by atoms with Crippen LogP contribution in [0.5, 0.6) is 5.75 Å². The Bertz CT molecular complexity index is 2270. The fourth-order valence-corrected chi connectivity index (χ4v) is 10.6. The standard InChI is InChI=1S/C50H69ClN8O8S.ClH/c1-29(31-17-19-33(20-18-31)44-30(2)54-28-68-44)55-47(64)39-25-36(60)26-58(39)49(66)45(50(3,4)5)57-42(62)16-9-6-11-32-12-10-15-40(43(32)51)67-27-34(21-24-41(53)61)56-46(63)38-23-22-35-13-7-8-14-37(52)48(65)59(35)38;/h10,12,15,17-20,28-29,34-39,45,60H,6-9,11,13-14,16,21-27,52H2,1-5H3,(H2,53,61)(H,55,64)(H,56,63)(H,57,62);1H/t29-,34-,35-,36+,37-,38-,39-,45+;/m0./s1. The van der Waals surface area contributed by atoms with Gasteiger partial charge in [-0.1, -0.05) is 81.6 Å². The van der Waals surface area contributed by atoms with E-state index in [0.717, 1.165) is 52.9 Å². The van der Waals surface area contributed by atoms with E-state index >= 15 is 0 Å². The number of carbonyl (C=O) groups is 6. The number of ether oxygens (including phenoxy) is 1. The molecule has 69 heavy (non-hydrogen) atoms. The lowest BCUT2D eigenvalue weighted by atomic mass is 9.85. The van der Waals surface area contributed by atoms with E-state index in [1.165, 1.54) is 4.90 Å². The molecule has 6 rings (SSSR count). The van der Waals surface area contributed by atoms with Crippen molar-refractivity contribution in [3.05, 3.63) is 69.8 Å². The molecule has 8 N–H and O–H groups in total. The maximum absolute atomic E-state index is 14.2. The highest BCUT2D eigenvalue weighted by atomic mass is 35.5. The molecule has 378 valence electrons. The van der Waals surface area contributed by atoms with E-state index < -0.39 is 53.5 Å². The van der Waals surface area contributed by atoms with Gasteiger partial charge in [-0.2, -0.15) is 0 Å². The van der Waals surface area contributed by atoms with Crippen molar-refractivity contribution in [3.63, 3.8) is 0 Å². The summed E-state index contributed by atoms with van der Waals surface area (Å²) in [6.45, 7) is 9.36. The molecule has 8 atom stereocenters. The lowest BCUT2D eigenvalue weighted by Gasteiger charge is -2.35. The van der Waals surface area contributed by atoms with Gasteiger partial charge in [0.2, 0.25) is 35.4 Å². The summed E-state index contributed by atoms with van der Waals surface area (Å²) in [4.78, 5) is 88.5. The predicted molar refractivity (Wildman–Crippen MR) is 269 cm³/mol. The second-order valence-electron chi connectivity index (χ2n) is 19.7. The number of nitrogens with one attached hydrogen (secondary N) is 3. The van der Waals surface area contributed by atoms with Crippen LogP contribution in [0, 0.1) is 12.3 Å². The second kappa shape index (κ2) is 24.8. The molecule has 4 heterocycles. The number of hydrogen-bond acceptors (Lipinski definition) is 11. The van der Waals surface area contributed by atoms with Gasteiger partial charge in [0.15, 0.2) is 0 Å². The predicted octanol–water partition coefficient (Wildman–Crippen LogP) is 5.67. The van der Waals surface area contributed by atoms with Gasteiger partial charge in [-0.3, -0.25) is 28.8 Å². The number of β-amino-alcohol motifs (C(OH)–C–C–N with tert-alkyl or cyclic N) is 1. The Morgan fingerprint density at radius 2 is 1.67 bits per heavy atom. The molecule has 3 aliphatic heterocycles. The molecule has 3 aromatic rings. The minimum Gasteiger partial charge on any atom is -0.490 e. The zero-order valence-electron chi connectivity index (χ0n) is 40.3. The topological polar surface area (TPSA) is 239 Å². The fraction of sp³-hybridized carbons (Fsp3) is 0.580. The molecular weight excluding hydrogens is 944 g/mol. The summed E-state index contributed by atoms with van der Waals surface area (Å²) in [6.07, 6.45) is 5.68. The summed E-state index contributed by atoms with van der Waals surface area (Å²) < 4.78 is 6.15. The van der Waals surface area contributed by atoms with E-state index in [9.17, 15) is 33.9 Å². The van der Waals surface area contributed by atoms with E-state index in [1.807, 2.05) is 70.5 Å². The Kier molecular flexibility index (Phi) is 19.8. The number of amides is 6. The average Bonchev–Trinajstić information content (AvgIpc) is 4.04. The number of aromatic nitrogens is 1. The van der Waals surface area contributed by atoms with Crippen LogP contribution in [0.2, 0.25) is 5.02 Å². The van der Waals surface area contributed by atoms with Crippen LogP contribution in [0.25, 0.3) is 10.4 Å². The molecule has 3 aliphatic rings. The summed E-state index contributed by atoms with van der Waals surface area (Å²) in [5, 5.41) is 20.1. The molecule has 0 bridgehead atoms. The molecular formula is C50H70Cl2N8O8S. The number of fused-ring (bicyclic) bond motifs is 1. The number of thiazole rings is 1. The first-order valence-electron chi connectivity index (χ1n) is 24.0. The van der Waals surface area contributed by atoms with Crippen LogP contribution in [0.15, 0.2) is 48.0 Å². The first-order valence-corrected chi connectivity index (χ1v) is 25.2. The number of rotatable bonds is 19. The van der Waals surface area contributed by atoms with Crippen molar-refractivity contribution in [3.8, 4) is 16.2 Å². The van der Waals surface area contributed by atoms with E-state index in [-0.39, 0.29) is 87.0 Å². The highest BCUT2D eigenvalue weighted by molar-refractivity contribution is 7.13. The van der Waals surface area contributed by atoms with Crippen molar-refractivity contribution in [2.24, 2.45) is 16.9 Å². The first kappa shape index (κ1) is 55.1. The lowest BCUT2D eigenvalue weighted by molar-refractivity contribution is -0.144. The van der Waals surface area contributed by atoms with Crippen molar-refractivity contribution < 1.29 is 38.6 Å². The van der Waals surface area contributed by atoms with Crippen LogP contribution in [-0.2, 0) is 35.2 Å². The van der Waals surface area contributed by atoms with Crippen molar-refractivity contribution in [2.45, 2.75) is 166 Å². The van der Waals surface area contributed by atoms with Crippen LogP contribution in [0.1, 0.15) is 128 Å². The van der Waals surface area contributed by atoms with E-state index in [4.69, 9.17) is 27.8 Å². The number of unbranched alkanes of at least 4 members (excludes halogenated alkanes) is 1. The average molecular weight is 1010 g/mol. The van der Waals surface area contributed by atoms with E-state index in [1.54, 1.807) is 28.4 Å². The summed E-state index contributed by atoms with van der Waals surface area (Å²) in [5.41, 5.74) is 16.4. The number of likely N-dealkylation sites (tertiary alicyclic amines) is 1. The van der Waals surface area contributed by atoms with Crippen LogP contribution in [0.3, 0.4) is 0 Å². The van der Waals surface area contributed by atoms with Gasteiger partial charge in [0.05, 0.1) is 45.3 Å². The van der Waals surface area contributed by atoms with Gasteiger partial charge in [0.25, 0.3) is 0 Å². The number of aryl methyl sites for hydroxylation is 2. The minimum atomic E-state index is -0.953. The Hall–Kier alpha value is -4.81. The van der Waals surface area contributed by atoms with Gasteiger partial charge in [-0.25, -0.2) is 4.98 Å². The number of nitrogens with two attached hydrogens (primary N) is 2. The summed E-state index contributed by atoms with van der Waals surface area (Å²) in [5.74, 6) is -1.77. The van der Waals surface area contributed by atoms with Crippen LogP contribution in [0.4, 0.5) is 0 Å².